The van der Waals surface area contributed by atoms with Gasteiger partial charge in [0.1, 0.15) is 6.54 Å². The molecule has 0 radical (unpaired) electrons. The highest BCUT2D eigenvalue weighted by molar-refractivity contribution is 5.80. The third-order valence-corrected chi connectivity index (χ3v) is 4.10. The Kier molecular flexibility index (Phi) is 17.0. The average molecular weight is 340 g/mol. The number of nitrogens with one attached hydrogen (secondary N) is 1. The van der Waals surface area contributed by atoms with Crippen LogP contribution in [0.15, 0.2) is 12.2 Å². The Labute approximate surface area is 148 Å². The maximum atomic E-state index is 11.3. The number of carbonyl (C=O) groups excluding carboxylic acids is 1. The van der Waals surface area contributed by atoms with Crippen molar-refractivity contribution in [3.8, 4) is 0 Å². The number of carboxylic acid groups (broad SMARTS) is 1. The summed E-state index contributed by atoms with van der Waals surface area (Å²) in [6, 6.07) is 0. The van der Waals surface area contributed by atoms with Crippen LogP contribution in [-0.4, -0.2) is 23.5 Å². The second-order valence-corrected chi connectivity index (χ2v) is 6.50. The summed E-state index contributed by atoms with van der Waals surface area (Å²) in [5.41, 5.74) is 0. The van der Waals surface area contributed by atoms with E-state index in [-0.39, 0.29) is 12.5 Å². The first-order valence-corrected chi connectivity index (χ1v) is 9.80. The molecule has 0 heterocycles. The van der Waals surface area contributed by atoms with Gasteiger partial charge in [-0.25, -0.2) is 0 Å². The van der Waals surface area contributed by atoms with Gasteiger partial charge in [0, 0.05) is 6.42 Å². The maximum Gasteiger partial charge on any atom is 0.322 e. The number of allylic oxidation sites excluding steroid dienone is 2. The van der Waals surface area contributed by atoms with Crippen LogP contribution in [0.25, 0.3) is 0 Å². The second kappa shape index (κ2) is 18.0. The lowest BCUT2D eigenvalue weighted by Crippen LogP contribution is -2.28. The molecule has 0 fully saturated rings. The fourth-order valence-corrected chi connectivity index (χ4v) is 2.62. The monoisotopic (exact) mass is 339 g/mol. The quantitative estimate of drug-likeness (QED) is 0.282. The molecule has 0 rings (SSSR count). The summed E-state index contributed by atoms with van der Waals surface area (Å²) in [6.07, 6.45) is 21.1. The summed E-state index contributed by atoms with van der Waals surface area (Å²) >= 11 is 0. The molecule has 0 saturated heterocycles. The van der Waals surface area contributed by atoms with Gasteiger partial charge in [-0.1, -0.05) is 70.4 Å². The van der Waals surface area contributed by atoms with Crippen LogP contribution in [0.4, 0.5) is 0 Å². The Morgan fingerprint density at radius 3 is 1.83 bits per heavy atom. The van der Waals surface area contributed by atoms with Gasteiger partial charge in [0.15, 0.2) is 0 Å². The molecule has 0 saturated carbocycles. The Balaban J connectivity index is 3.18. The molecule has 24 heavy (non-hydrogen) atoms. The van der Waals surface area contributed by atoms with E-state index in [4.69, 9.17) is 5.11 Å². The van der Waals surface area contributed by atoms with Gasteiger partial charge >= 0.3 is 5.97 Å². The lowest BCUT2D eigenvalue weighted by Gasteiger charge is -2.03. The fourth-order valence-electron chi connectivity index (χ4n) is 2.62. The first-order valence-electron chi connectivity index (χ1n) is 9.80. The molecular weight excluding hydrogens is 302 g/mol. The SMILES string of the molecule is CCCCCC/C=C\CCCCCCCCCC(=O)NCC(=O)O. The molecule has 0 aliphatic rings. The average Bonchev–Trinajstić information content (AvgIpc) is 2.56. The summed E-state index contributed by atoms with van der Waals surface area (Å²) in [6.45, 7) is 1.97. The molecular formula is C20H37NO3. The van der Waals surface area contributed by atoms with Crippen LogP contribution in [0, 0.1) is 0 Å². The van der Waals surface area contributed by atoms with Crippen LogP contribution in [0.3, 0.4) is 0 Å². The van der Waals surface area contributed by atoms with Gasteiger partial charge in [0.05, 0.1) is 0 Å². The van der Waals surface area contributed by atoms with E-state index in [1.165, 1.54) is 70.6 Å². The topological polar surface area (TPSA) is 66.4 Å². The van der Waals surface area contributed by atoms with E-state index in [9.17, 15) is 9.59 Å². The molecule has 1 amide bonds. The molecule has 0 aromatic carbocycles. The van der Waals surface area contributed by atoms with Gasteiger partial charge in [-0.3, -0.25) is 9.59 Å². The van der Waals surface area contributed by atoms with Crippen molar-refractivity contribution in [3.63, 3.8) is 0 Å². The van der Waals surface area contributed by atoms with Crippen molar-refractivity contribution >= 4 is 11.9 Å². The lowest BCUT2D eigenvalue weighted by atomic mass is 10.1. The van der Waals surface area contributed by atoms with Crippen molar-refractivity contribution in [1.29, 1.82) is 0 Å². The number of hydrogen-bond acceptors (Lipinski definition) is 2. The number of carboxylic acids is 1. The molecule has 0 aliphatic heterocycles. The standard InChI is InChI=1S/C20H37NO3/c1-2-3-4-5-6-7-8-9-10-11-12-13-14-15-16-17-19(22)21-18-20(23)24/h7-8H,2-6,9-18H2,1H3,(H,21,22)(H,23,24)/b8-7-. The minimum absolute atomic E-state index is 0.154. The smallest absolute Gasteiger partial charge is 0.322 e. The summed E-state index contributed by atoms with van der Waals surface area (Å²) in [7, 11) is 0. The van der Waals surface area contributed by atoms with Gasteiger partial charge in [0.25, 0.3) is 0 Å². The van der Waals surface area contributed by atoms with Crippen molar-refractivity contribution in [3.05, 3.63) is 12.2 Å². The van der Waals surface area contributed by atoms with Gasteiger partial charge in [-0.15, -0.1) is 0 Å². The number of aliphatic carboxylic acids is 1. The van der Waals surface area contributed by atoms with E-state index in [1.54, 1.807) is 0 Å². The Morgan fingerprint density at radius 1 is 0.792 bits per heavy atom. The summed E-state index contributed by atoms with van der Waals surface area (Å²) in [5.74, 6) is -1.14. The third-order valence-electron chi connectivity index (χ3n) is 4.10. The van der Waals surface area contributed by atoms with Crippen LogP contribution in [0.1, 0.15) is 96.8 Å². The van der Waals surface area contributed by atoms with Crippen LogP contribution in [0.5, 0.6) is 0 Å². The largest absolute Gasteiger partial charge is 0.480 e. The zero-order valence-electron chi connectivity index (χ0n) is 15.5. The van der Waals surface area contributed by atoms with E-state index in [0.29, 0.717) is 6.42 Å². The Morgan fingerprint density at radius 2 is 1.29 bits per heavy atom. The molecule has 2 N–H and O–H groups in total. The molecule has 0 atom stereocenters. The van der Waals surface area contributed by atoms with E-state index in [2.05, 4.69) is 24.4 Å². The number of carbonyl (C=O) groups is 2. The fraction of sp³-hybridized carbons (Fsp3) is 0.800. The van der Waals surface area contributed by atoms with Crippen molar-refractivity contribution in [2.24, 2.45) is 0 Å². The van der Waals surface area contributed by atoms with Crippen molar-refractivity contribution in [2.45, 2.75) is 96.8 Å². The van der Waals surface area contributed by atoms with E-state index in [0.717, 1.165) is 12.8 Å². The zero-order chi connectivity index (χ0) is 17.9. The predicted molar refractivity (Wildman–Crippen MR) is 100 cm³/mol. The molecule has 0 spiro atoms. The Hall–Kier alpha value is -1.32. The highest BCUT2D eigenvalue weighted by atomic mass is 16.4. The van der Waals surface area contributed by atoms with Gasteiger partial charge in [-0.05, 0) is 32.1 Å². The van der Waals surface area contributed by atoms with Crippen molar-refractivity contribution in [1.82, 2.24) is 5.32 Å². The zero-order valence-corrected chi connectivity index (χ0v) is 15.5. The van der Waals surface area contributed by atoms with E-state index >= 15 is 0 Å². The van der Waals surface area contributed by atoms with Crippen LogP contribution in [-0.2, 0) is 9.59 Å². The molecule has 0 aromatic rings. The second-order valence-electron chi connectivity index (χ2n) is 6.50. The molecule has 0 aromatic heterocycles. The molecule has 0 aliphatic carbocycles. The molecule has 4 heteroatoms. The van der Waals surface area contributed by atoms with Crippen LogP contribution >= 0.6 is 0 Å². The van der Waals surface area contributed by atoms with E-state index < -0.39 is 5.97 Å². The number of hydrogen-bond donors (Lipinski definition) is 2. The van der Waals surface area contributed by atoms with Gasteiger partial charge in [0.2, 0.25) is 5.91 Å². The first kappa shape index (κ1) is 22.7. The third kappa shape index (κ3) is 18.7. The van der Waals surface area contributed by atoms with Crippen LogP contribution < -0.4 is 5.32 Å². The number of amides is 1. The van der Waals surface area contributed by atoms with Crippen molar-refractivity contribution in [2.75, 3.05) is 6.54 Å². The summed E-state index contributed by atoms with van der Waals surface area (Å²) < 4.78 is 0. The molecule has 0 bridgehead atoms. The molecule has 140 valence electrons. The highest BCUT2D eigenvalue weighted by Gasteiger charge is 2.02. The first-order chi connectivity index (χ1) is 11.7. The minimum atomic E-state index is -0.991. The lowest BCUT2D eigenvalue weighted by molar-refractivity contribution is -0.137. The number of unbranched alkanes of at least 4 members (excludes halogenated alkanes) is 11. The predicted octanol–water partition coefficient (Wildman–Crippen LogP) is 5.22. The van der Waals surface area contributed by atoms with Gasteiger partial charge in [-0.2, -0.15) is 0 Å². The normalized spacial score (nSPS) is 11.0. The molecule has 0 unspecified atom stereocenters. The van der Waals surface area contributed by atoms with Crippen LogP contribution in [0.2, 0.25) is 0 Å². The van der Waals surface area contributed by atoms with Gasteiger partial charge < -0.3 is 10.4 Å². The number of rotatable bonds is 17. The Bertz CT molecular complexity index is 340. The summed E-state index contributed by atoms with van der Waals surface area (Å²) in [5, 5.41) is 10.8. The van der Waals surface area contributed by atoms with E-state index in [1.807, 2.05) is 0 Å². The summed E-state index contributed by atoms with van der Waals surface area (Å²) in [4.78, 5) is 21.6. The minimum Gasteiger partial charge on any atom is -0.480 e. The van der Waals surface area contributed by atoms with Crippen molar-refractivity contribution < 1.29 is 14.7 Å². The highest BCUT2D eigenvalue weighted by Crippen LogP contribution is 2.10. The maximum absolute atomic E-state index is 11.3. The molecule has 4 nitrogen and oxygen atoms in total.